The molecule has 5 nitrogen and oxygen atoms in total. The van der Waals surface area contributed by atoms with Gasteiger partial charge in [0.1, 0.15) is 0 Å². The summed E-state index contributed by atoms with van der Waals surface area (Å²) in [7, 11) is 0. The van der Waals surface area contributed by atoms with Gasteiger partial charge in [-0.05, 0) is 79.7 Å². The molecule has 25 heavy (non-hydrogen) atoms. The predicted octanol–water partition coefficient (Wildman–Crippen LogP) is 2.77. The second-order valence-corrected chi connectivity index (χ2v) is 8.55. The SMILES string of the molecule is O=C(CCc1cccnc1)NNC(=O)CC12CC3CC(CC(C3)C1)C2. The second-order valence-electron chi connectivity index (χ2n) is 8.55. The minimum absolute atomic E-state index is 0.0309. The summed E-state index contributed by atoms with van der Waals surface area (Å²) in [6.45, 7) is 0. The van der Waals surface area contributed by atoms with Crippen LogP contribution in [0.2, 0.25) is 0 Å². The van der Waals surface area contributed by atoms with Gasteiger partial charge in [-0.3, -0.25) is 25.4 Å². The molecule has 4 aliphatic rings. The molecule has 5 heteroatoms. The number of nitrogens with zero attached hydrogens (tertiary/aromatic N) is 1. The maximum atomic E-state index is 12.4. The number of amides is 2. The Bertz CT molecular complexity index is 608. The molecule has 0 atom stereocenters. The molecule has 0 unspecified atom stereocenters. The first kappa shape index (κ1) is 16.6. The van der Waals surface area contributed by atoms with Crippen molar-refractivity contribution in [1.29, 1.82) is 0 Å². The Balaban J connectivity index is 1.22. The van der Waals surface area contributed by atoms with E-state index in [4.69, 9.17) is 0 Å². The highest BCUT2D eigenvalue weighted by Gasteiger charge is 2.51. The van der Waals surface area contributed by atoms with Gasteiger partial charge in [-0.1, -0.05) is 6.07 Å². The lowest BCUT2D eigenvalue weighted by molar-refractivity contribution is -0.134. The molecular weight excluding hydrogens is 314 g/mol. The molecule has 0 radical (unpaired) electrons. The highest BCUT2D eigenvalue weighted by Crippen LogP contribution is 2.61. The van der Waals surface area contributed by atoms with Crippen LogP contribution in [-0.4, -0.2) is 16.8 Å². The van der Waals surface area contributed by atoms with Crippen molar-refractivity contribution in [2.24, 2.45) is 23.2 Å². The van der Waals surface area contributed by atoms with E-state index in [1.54, 1.807) is 12.4 Å². The van der Waals surface area contributed by atoms with E-state index in [1.165, 1.54) is 38.5 Å². The molecule has 1 aromatic rings. The summed E-state index contributed by atoms with van der Waals surface area (Å²) < 4.78 is 0. The van der Waals surface area contributed by atoms with Crippen molar-refractivity contribution in [2.45, 2.75) is 57.8 Å². The molecule has 5 rings (SSSR count). The molecule has 0 aliphatic heterocycles. The summed E-state index contributed by atoms with van der Waals surface area (Å²) >= 11 is 0. The number of carbonyl (C=O) groups is 2. The molecule has 1 aromatic heterocycles. The van der Waals surface area contributed by atoms with Gasteiger partial charge in [0.05, 0.1) is 0 Å². The Labute approximate surface area is 149 Å². The Kier molecular flexibility index (Phi) is 4.48. The van der Waals surface area contributed by atoms with E-state index in [0.29, 0.717) is 19.3 Å². The highest BCUT2D eigenvalue weighted by molar-refractivity contribution is 5.82. The van der Waals surface area contributed by atoms with Gasteiger partial charge in [0.15, 0.2) is 0 Å². The Morgan fingerprint density at radius 3 is 2.28 bits per heavy atom. The number of hydrogen-bond donors (Lipinski definition) is 2. The summed E-state index contributed by atoms with van der Waals surface area (Å²) in [6.07, 6.45) is 12.8. The van der Waals surface area contributed by atoms with Crippen molar-refractivity contribution in [1.82, 2.24) is 15.8 Å². The number of nitrogens with one attached hydrogen (secondary N) is 2. The van der Waals surface area contributed by atoms with Crippen LogP contribution in [0.15, 0.2) is 24.5 Å². The zero-order valence-electron chi connectivity index (χ0n) is 14.7. The molecule has 1 heterocycles. The van der Waals surface area contributed by atoms with Gasteiger partial charge in [-0.15, -0.1) is 0 Å². The largest absolute Gasteiger partial charge is 0.273 e. The van der Waals surface area contributed by atoms with Crippen LogP contribution < -0.4 is 10.9 Å². The molecule has 0 saturated heterocycles. The molecule has 0 spiro atoms. The molecule has 4 aliphatic carbocycles. The third kappa shape index (κ3) is 3.86. The lowest BCUT2D eigenvalue weighted by Crippen LogP contribution is -2.50. The van der Waals surface area contributed by atoms with Gasteiger partial charge in [0.25, 0.3) is 0 Å². The third-order valence-electron chi connectivity index (χ3n) is 6.41. The van der Waals surface area contributed by atoms with E-state index in [2.05, 4.69) is 15.8 Å². The summed E-state index contributed by atoms with van der Waals surface area (Å²) in [4.78, 5) is 28.3. The Morgan fingerprint density at radius 1 is 1.04 bits per heavy atom. The van der Waals surface area contributed by atoms with Crippen molar-refractivity contribution in [3.8, 4) is 0 Å². The van der Waals surface area contributed by atoms with Crippen molar-refractivity contribution in [3.63, 3.8) is 0 Å². The van der Waals surface area contributed by atoms with Gasteiger partial charge in [0, 0.05) is 25.2 Å². The van der Waals surface area contributed by atoms with E-state index >= 15 is 0 Å². The molecule has 2 N–H and O–H groups in total. The zero-order valence-corrected chi connectivity index (χ0v) is 14.7. The average Bonchev–Trinajstić information content (AvgIpc) is 2.57. The minimum atomic E-state index is -0.150. The molecule has 2 amide bonds. The lowest BCUT2D eigenvalue weighted by Gasteiger charge is -2.56. The van der Waals surface area contributed by atoms with E-state index in [1.807, 2.05) is 12.1 Å². The minimum Gasteiger partial charge on any atom is -0.273 e. The number of aryl methyl sites for hydroxylation is 1. The standard InChI is InChI=1S/C20H27N3O2/c24-18(4-3-14-2-1-5-21-13-14)22-23-19(25)12-20-9-15-6-16(10-20)8-17(7-15)11-20/h1-2,5,13,15-17H,3-4,6-12H2,(H,22,24)(H,23,25). The highest BCUT2D eigenvalue weighted by atomic mass is 16.2. The molecule has 4 fully saturated rings. The van der Waals surface area contributed by atoms with Crippen LogP contribution in [-0.2, 0) is 16.0 Å². The molecule has 4 bridgehead atoms. The summed E-state index contributed by atoms with van der Waals surface area (Å²) in [5.74, 6) is 2.34. The van der Waals surface area contributed by atoms with Gasteiger partial charge < -0.3 is 0 Å². The van der Waals surface area contributed by atoms with Crippen LogP contribution in [0.3, 0.4) is 0 Å². The Hall–Kier alpha value is -1.91. The quantitative estimate of drug-likeness (QED) is 0.809. The average molecular weight is 341 g/mol. The first-order valence-corrected chi connectivity index (χ1v) is 9.57. The van der Waals surface area contributed by atoms with Crippen LogP contribution in [0.1, 0.15) is 56.9 Å². The molecule has 0 aromatic carbocycles. The van der Waals surface area contributed by atoms with Gasteiger partial charge in [-0.25, -0.2) is 0 Å². The second kappa shape index (κ2) is 6.77. The van der Waals surface area contributed by atoms with Crippen LogP contribution in [0, 0.1) is 23.2 Å². The van der Waals surface area contributed by atoms with E-state index in [-0.39, 0.29) is 17.2 Å². The smallest absolute Gasteiger partial charge is 0.238 e. The monoisotopic (exact) mass is 341 g/mol. The summed E-state index contributed by atoms with van der Waals surface area (Å²) in [5, 5.41) is 0. The fourth-order valence-electron chi connectivity index (χ4n) is 5.90. The van der Waals surface area contributed by atoms with Gasteiger partial charge in [0.2, 0.25) is 11.8 Å². The van der Waals surface area contributed by atoms with Crippen molar-refractivity contribution in [2.75, 3.05) is 0 Å². The molecule has 4 saturated carbocycles. The lowest BCUT2D eigenvalue weighted by atomic mass is 9.49. The van der Waals surface area contributed by atoms with Gasteiger partial charge >= 0.3 is 0 Å². The zero-order chi connectivity index (χ0) is 17.3. The van der Waals surface area contributed by atoms with Crippen LogP contribution in [0.4, 0.5) is 0 Å². The number of aromatic nitrogens is 1. The van der Waals surface area contributed by atoms with Crippen molar-refractivity contribution >= 4 is 11.8 Å². The van der Waals surface area contributed by atoms with Crippen LogP contribution in [0.25, 0.3) is 0 Å². The van der Waals surface area contributed by atoms with Crippen molar-refractivity contribution < 1.29 is 9.59 Å². The Morgan fingerprint density at radius 2 is 1.68 bits per heavy atom. The molecular formula is C20H27N3O2. The normalized spacial score (nSPS) is 32.4. The maximum Gasteiger partial charge on any atom is 0.238 e. The topological polar surface area (TPSA) is 71.1 Å². The first-order chi connectivity index (χ1) is 12.1. The maximum absolute atomic E-state index is 12.4. The number of hydrogen-bond acceptors (Lipinski definition) is 3. The van der Waals surface area contributed by atoms with Crippen LogP contribution in [0.5, 0.6) is 0 Å². The van der Waals surface area contributed by atoms with Gasteiger partial charge in [-0.2, -0.15) is 0 Å². The van der Waals surface area contributed by atoms with E-state index in [9.17, 15) is 9.59 Å². The predicted molar refractivity (Wildman–Crippen MR) is 94.1 cm³/mol. The number of hydrazine groups is 1. The number of rotatable bonds is 5. The fourth-order valence-corrected chi connectivity index (χ4v) is 5.90. The van der Waals surface area contributed by atoms with Crippen LogP contribution >= 0.6 is 0 Å². The number of pyridine rings is 1. The third-order valence-corrected chi connectivity index (χ3v) is 6.41. The summed E-state index contributed by atoms with van der Waals surface area (Å²) in [6, 6.07) is 3.81. The summed E-state index contributed by atoms with van der Waals surface area (Å²) in [5.41, 5.74) is 6.45. The first-order valence-electron chi connectivity index (χ1n) is 9.57. The van der Waals surface area contributed by atoms with E-state index in [0.717, 1.165) is 23.3 Å². The van der Waals surface area contributed by atoms with E-state index < -0.39 is 0 Å². The fraction of sp³-hybridized carbons (Fsp3) is 0.650. The van der Waals surface area contributed by atoms with Crippen molar-refractivity contribution in [3.05, 3.63) is 30.1 Å². The molecule has 134 valence electrons. The number of carbonyl (C=O) groups excluding carboxylic acids is 2.